The minimum absolute atomic E-state index is 0.358. The molecule has 0 unspecified atom stereocenters. The zero-order valence-corrected chi connectivity index (χ0v) is 10.1. The van der Waals surface area contributed by atoms with E-state index in [0.29, 0.717) is 16.7 Å². The van der Waals surface area contributed by atoms with E-state index in [-0.39, 0.29) is 5.82 Å². The van der Waals surface area contributed by atoms with Gasteiger partial charge in [-0.3, -0.25) is 4.79 Å². The average molecular weight is 246 g/mol. The lowest BCUT2D eigenvalue weighted by Crippen LogP contribution is -1.90. The van der Waals surface area contributed by atoms with Crippen molar-refractivity contribution in [1.82, 2.24) is 0 Å². The summed E-state index contributed by atoms with van der Waals surface area (Å²) >= 11 is 1.29. The van der Waals surface area contributed by atoms with E-state index in [1.54, 1.807) is 12.1 Å². The van der Waals surface area contributed by atoms with Gasteiger partial charge in [-0.15, -0.1) is 0 Å². The fourth-order valence-corrected chi connectivity index (χ4v) is 2.50. The van der Waals surface area contributed by atoms with Crippen LogP contribution >= 0.6 is 11.8 Å². The van der Waals surface area contributed by atoms with Gasteiger partial charge < -0.3 is 0 Å². The highest BCUT2D eigenvalue weighted by Crippen LogP contribution is 2.33. The van der Waals surface area contributed by atoms with Crippen molar-refractivity contribution in [3.8, 4) is 0 Å². The van der Waals surface area contributed by atoms with Crippen molar-refractivity contribution in [2.24, 2.45) is 0 Å². The van der Waals surface area contributed by atoms with Crippen molar-refractivity contribution in [2.75, 3.05) is 0 Å². The second kappa shape index (κ2) is 5.15. The molecule has 0 saturated heterocycles. The molecule has 2 aromatic rings. The molecule has 0 N–H and O–H groups in total. The van der Waals surface area contributed by atoms with E-state index in [1.165, 1.54) is 17.8 Å². The van der Waals surface area contributed by atoms with Crippen LogP contribution in [0.1, 0.15) is 15.9 Å². The van der Waals surface area contributed by atoms with Crippen LogP contribution in [0.15, 0.2) is 52.3 Å². The summed E-state index contributed by atoms with van der Waals surface area (Å²) in [7, 11) is 0. The van der Waals surface area contributed by atoms with Crippen LogP contribution in [0.25, 0.3) is 0 Å². The van der Waals surface area contributed by atoms with E-state index in [9.17, 15) is 9.18 Å². The number of halogens is 1. The lowest BCUT2D eigenvalue weighted by molar-refractivity contribution is 0.112. The molecule has 2 aromatic carbocycles. The first-order chi connectivity index (χ1) is 8.22. The van der Waals surface area contributed by atoms with E-state index >= 15 is 0 Å². The molecule has 0 bridgehead atoms. The van der Waals surface area contributed by atoms with E-state index in [0.717, 1.165) is 10.5 Å². The molecule has 0 atom stereocenters. The van der Waals surface area contributed by atoms with Crippen molar-refractivity contribution in [2.45, 2.75) is 16.7 Å². The average Bonchev–Trinajstić information content (AvgIpc) is 2.34. The Bertz CT molecular complexity index is 552. The number of hydrogen-bond acceptors (Lipinski definition) is 2. The Hall–Kier alpha value is -1.61. The van der Waals surface area contributed by atoms with Gasteiger partial charge in [0.25, 0.3) is 0 Å². The predicted octanol–water partition coefficient (Wildman–Crippen LogP) is 4.10. The van der Waals surface area contributed by atoms with Gasteiger partial charge in [0, 0.05) is 10.5 Å². The molecule has 2 rings (SSSR count). The second-order valence-electron chi connectivity index (χ2n) is 3.64. The Labute approximate surface area is 104 Å². The fraction of sp³-hybridized carbons (Fsp3) is 0.0714. The van der Waals surface area contributed by atoms with E-state index in [1.807, 2.05) is 31.2 Å². The Balaban J connectivity index is 2.43. The first-order valence-corrected chi connectivity index (χ1v) is 6.01. The molecule has 0 aliphatic rings. The van der Waals surface area contributed by atoms with Crippen molar-refractivity contribution < 1.29 is 9.18 Å². The van der Waals surface area contributed by atoms with Gasteiger partial charge >= 0.3 is 0 Å². The molecule has 0 fully saturated rings. The highest BCUT2D eigenvalue weighted by molar-refractivity contribution is 7.99. The molecule has 0 aliphatic heterocycles. The number of carbonyl (C=O) groups is 1. The van der Waals surface area contributed by atoms with Crippen LogP contribution in [0.4, 0.5) is 4.39 Å². The van der Waals surface area contributed by atoms with Crippen LogP contribution in [-0.4, -0.2) is 6.29 Å². The molecule has 0 aliphatic carbocycles. The maximum atomic E-state index is 13.7. The number of aldehydes is 1. The normalized spacial score (nSPS) is 10.2. The third-order valence-corrected chi connectivity index (χ3v) is 3.74. The predicted molar refractivity (Wildman–Crippen MR) is 67.1 cm³/mol. The molecule has 0 heterocycles. The highest BCUT2D eigenvalue weighted by Gasteiger charge is 2.10. The van der Waals surface area contributed by atoms with Gasteiger partial charge in [0.2, 0.25) is 0 Å². The standard InChI is InChI=1S/C14H11FOS/c1-10-5-2-3-8-13(10)17-14-11(9-16)6-4-7-12(14)15/h2-9H,1H3. The van der Waals surface area contributed by atoms with Crippen LogP contribution in [-0.2, 0) is 0 Å². The third kappa shape index (κ3) is 2.56. The van der Waals surface area contributed by atoms with Gasteiger partial charge in [0.05, 0.1) is 4.90 Å². The summed E-state index contributed by atoms with van der Waals surface area (Å²) in [6.07, 6.45) is 0.684. The Morgan fingerprint density at radius 1 is 1.12 bits per heavy atom. The lowest BCUT2D eigenvalue weighted by Gasteiger charge is -2.08. The molecule has 1 nitrogen and oxygen atoms in total. The van der Waals surface area contributed by atoms with Gasteiger partial charge in [0.15, 0.2) is 6.29 Å². The van der Waals surface area contributed by atoms with Crippen molar-refractivity contribution >= 4 is 18.0 Å². The van der Waals surface area contributed by atoms with E-state index in [2.05, 4.69) is 0 Å². The summed E-state index contributed by atoms with van der Waals surface area (Å²) in [6, 6.07) is 12.2. The molecule has 0 spiro atoms. The maximum absolute atomic E-state index is 13.7. The molecule has 3 heteroatoms. The van der Waals surface area contributed by atoms with Crippen LogP contribution in [0.2, 0.25) is 0 Å². The van der Waals surface area contributed by atoms with Gasteiger partial charge in [-0.2, -0.15) is 0 Å². The fourth-order valence-electron chi connectivity index (χ4n) is 1.51. The van der Waals surface area contributed by atoms with Gasteiger partial charge in [0.1, 0.15) is 5.82 Å². The molecular weight excluding hydrogens is 235 g/mol. The largest absolute Gasteiger partial charge is 0.298 e. The summed E-state index contributed by atoms with van der Waals surface area (Å²) < 4.78 is 13.7. The third-order valence-electron chi connectivity index (χ3n) is 2.43. The van der Waals surface area contributed by atoms with Crippen LogP contribution in [0.5, 0.6) is 0 Å². The minimum Gasteiger partial charge on any atom is -0.298 e. The van der Waals surface area contributed by atoms with Gasteiger partial charge in [-0.1, -0.05) is 42.1 Å². The number of carbonyl (C=O) groups excluding carboxylic acids is 1. The molecule has 0 amide bonds. The number of rotatable bonds is 3. The van der Waals surface area contributed by atoms with E-state index in [4.69, 9.17) is 0 Å². The smallest absolute Gasteiger partial charge is 0.151 e. The lowest BCUT2D eigenvalue weighted by atomic mass is 10.2. The Kier molecular flexibility index (Phi) is 3.59. The summed E-state index contributed by atoms with van der Waals surface area (Å²) in [5.74, 6) is -0.358. The monoisotopic (exact) mass is 246 g/mol. The Morgan fingerprint density at radius 3 is 2.59 bits per heavy atom. The summed E-state index contributed by atoms with van der Waals surface area (Å²) in [6.45, 7) is 1.96. The Morgan fingerprint density at radius 2 is 1.88 bits per heavy atom. The first kappa shape index (κ1) is 11.9. The topological polar surface area (TPSA) is 17.1 Å². The number of aryl methyl sites for hydroxylation is 1. The molecule has 0 saturated carbocycles. The molecule has 86 valence electrons. The number of hydrogen-bond donors (Lipinski definition) is 0. The highest BCUT2D eigenvalue weighted by atomic mass is 32.2. The van der Waals surface area contributed by atoms with Crippen molar-refractivity contribution in [1.29, 1.82) is 0 Å². The zero-order valence-electron chi connectivity index (χ0n) is 9.31. The molecular formula is C14H11FOS. The molecule has 17 heavy (non-hydrogen) atoms. The maximum Gasteiger partial charge on any atom is 0.151 e. The summed E-state index contributed by atoms with van der Waals surface area (Å²) in [5.41, 5.74) is 1.45. The first-order valence-electron chi connectivity index (χ1n) is 5.19. The van der Waals surface area contributed by atoms with Crippen LogP contribution in [0, 0.1) is 12.7 Å². The summed E-state index contributed by atoms with van der Waals surface area (Å²) in [4.78, 5) is 12.2. The number of benzene rings is 2. The second-order valence-corrected chi connectivity index (χ2v) is 4.70. The van der Waals surface area contributed by atoms with Crippen LogP contribution < -0.4 is 0 Å². The SMILES string of the molecule is Cc1ccccc1Sc1c(F)cccc1C=O. The molecule has 0 radical (unpaired) electrons. The quantitative estimate of drug-likeness (QED) is 0.758. The van der Waals surface area contributed by atoms with E-state index < -0.39 is 0 Å². The minimum atomic E-state index is -0.358. The molecule has 0 aromatic heterocycles. The van der Waals surface area contributed by atoms with Crippen molar-refractivity contribution in [3.05, 3.63) is 59.4 Å². The van der Waals surface area contributed by atoms with Crippen molar-refractivity contribution in [3.63, 3.8) is 0 Å². The summed E-state index contributed by atoms with van der Waals surface area (Å²) in [5, 5.41) is 0. The van der Waals surface area contributed by atoms with Crippen LogP contribution in [0.3, 0.4) is 0 Å². The van der Waals surface area contributed by atoms with Gasteiger partial charge in [-0.25, -0.2) is 4.39 Å². The van der Waals surface area contributed by atoms with Gasteiger partial charge in [-0.05, 0) is 24.6 Å². The zero-order chi connectivity index (χ0) is 12.3.